The van der Waals surface area contributed by atoms with Crippen molar-refractivity contribution in [2.45, 2.75) is 45.2 Å². The molecule has 1 fully saturated rings. The first kappa shape index (κ1) is 17.5. The molecule has 8 nitrogen and oxygen atoms in total. The van der Waals surface area contributed by atoms with E-state index in [4.69, 9.17) is 0 Å². The van der Waals surface area contributed by atoms with Crippen molar-refractivity contribution in [1.29, 1.82) is 0 Å². The summed E-state index contributed by atoms with van der Waals surface area (Å²) in [7, 11) is 0. The second-order valence-corrected chi connectivity index (χ2v) is 7.27. The van der Waals surface area contributed by atoms with Crippen LogP contribution in [-0.2, 0) is 17.9 Å². The summed E-state index contributed by atoms with van der Waals surface area (Å²) < 4.78 is 1.95. The van der Waals surface area contributed by atoms with Crippen LogP contribution in [0.2, 0.25) is 0 Å². The van der Waals surface area contributed by atoms with Gasteiger partial charge in [0.1, 0.15) is 6.33 Å². The minimum Gasteiger partial charge on any atom is -0.326 e. The van der Waals surface area contributed by atoms with Crippen LogP contribution < -0.4 is 10.6 Å². The van der Waals surface area contributed by atoms with Gasteiger partial charge in [0.05, 0.1) is 6.54 Å². The molecule has 0 bridgehead atoms. The van der Waals surface area contributed by atoms with Gasteiger partial charge in [-0.3, -0.25) is 4.79 Å². The van der Waals surface area contributed by atoms with Crippen LogP contribution in [0.5, 0.6) is 0 Å². The fourth-order valence-corrected chi connectivity index (χ4v) is 3.77. The number of amides is 3. The number of aromatic nitrogens is 3. The number of nitrogens with zero attached hydrogens (tertiary/aromatic N) is 4. The molecule has 2 aromatic rings. The van der Waals surface area contributed by atoms with E-state index in [1.165, 1.54) is 12.8 Å². The summed E-state index contributed by atoms with van der Waals surface area (Å²) in [5.41, 5.74) is 1.45. The van der Waals surface area contributed by atoms with E-state index in [1.54, 1.807) is 23.4 Å². The molecule has 1 aromatic carbocycles. The summed E-state index contributed by atoms with van der Waals surface area (Å²) in [5, 5.41) is 13.7. The lowest BCUT2D eigenvalue weighted by Gasteiger charge is -2.27. The third kappa shape index (κ3) is 4.27. The number of nitrogens with one attached hydrogen (secondary N) is 2. The minimum absolute atomic E-state index is 0.0658. The molecule has 1 aromatic heterocycles. The SMILES string of the molecule is O=C(CC1CCCC1)Nc1ccc(NC(=O)N2CCn3cnnc3C2)cc1. The first-order valence-corrected chi connectivity index (χ1v) is 9.50. The van der Waals surface area contributed by atoms with Crippen LogP contribution in [-0.4, -0.2) is 38.1 Å². The molecular formula is C19H24N6O2. The topological polar surface area (TPSA) is 92.2 Å². The Morgan fingerprint density at radius 1 is 1.04 bits per heavy atom. The lowest BCUT2D eigenvalue weighted by Crippen LogP contribution is -2.40. The molecular weight excluding hydrogens is 344 g/mol. The number of carbonyl (C=O) groups excluding carboxylic acids is 2. The Bertz CT molecular complexity index is 810. The highest BCUT2D eigenvalue weighted by molar-refractivity contribution is 5.92. The fourth-order valence-electron chi connectivity index (χ4n) is 3.77. The Morgan fingerprint density at radius 3 is 2.48 bits per heavy atom. The fraction of sp³-hybridized carbons (Fsp3) is 0.474. The zero-order chi connectivity index (χ0) is 18.6. The first-order valence-electron chi connectivity index (χ1n) is 9.50. The molecule has 3 amide bonds. The lowest BCUT2D eigenvalue weighted by atomic mass is 10.0. The number of rotatable bonds is 4. The van der Waals surface area contributed by atoms with Crippen LogP contribution in [0.1, 0.15) is 37.9 Å². The molecule has 2 aliphatic rings. The number of anilines is 2. The third-order valence-corrected chi connectivity index (χ3v) is 5.29. The Hall–Kier alpha value is -2.90. The number of benzene rings is 1. The Labute approximate surface area is 158 Å². The molecule has 0 atom stereocenters. The normalized spacial score (nSPS) is 16.8. The number of carbonyl (C=O) groups is 2. The molecule has 4 rings (SSSR count). The third-order valence-electron chi connectivity index (χ3n) is 5.29. The van der Waals surface area contributed by atoms with Crippen molar-refractivity contribution in [3.63, 3.8) is 0 Å². The molecule has 0 radical (unpaired) electrons. The van der Waals surface area contributed by atoms with E-state index in [1.807, 2.05) is 16.7 Å². The van der Waals surface area contributed by atoms with Gasteiger partial charge in [-0.15, -0.1) is 10.2 Å². The number of hydrogen-bond donors (Lipinski definition) is 2. The van der Waals surface area contributed by atoms with Crippen molar-refractivity contribution in [2.24, 2.45) is 5.92 Å². The standard InChI is InChI=1S/C19H24N6O2/c26-18(11-14-3-1-2-4-14)21-15-5-7-16(8-6-15)22-19(27)24-9-10-25-13-20-23-17(25)12-24/h5-8,13-14H,1-4,9-12H2,(H,21,26)(H,22,27). The van der Waals surface area contributed by atoms with Crippen LogP contribution >= 0.6 is 0 Å². The summed E-state index contributed by atoms with van der Waals surface area (Å²) in [4.78, 5) is 26.3. The minimum atomic E-state index is -0.165. The van der Waals surface area contributed by atoms with Crippen LogP contribution in [0.15, 0.2) is 30.6 Å². The summed E-state index contributed by atoms with van der Waals surface area (Å²) in [5.74, 6) is 1.38. The highest BCUT2D eigenvalue weighted by Gasteiger charge is 2.22. The van der Waals surface area contributed by atoms with Gasteiger partial charge in [0.15, 0.2) is 5.82 Å². The van der Waals surface area contributed by atoms with Crippen molar-refractivity contribution in [3.8, 4) is 0 Å². The van der Waals surface area contributed by atoms with Crippen molar-refractivity contribution in [2.75, 3.05) is 17.2 Å². The van der Waals surface area contributed by atoms with Gasteiger partial charge in [-0.05, 0) is 43.0 Å². The van der Waals surface area contributed by atoms with E-state index < -0.39 is 0 Å². The molecule has 27 heavy (non-hydrogen) atoms. The monoisotopic (exact) mass is 368 g/mol. The zero-order valence-electron chi connectivity index (χ0n) is 15.2. The molecule has 142 valence electrons. The highest BCUT2D eigenvalue weighted by Crippen LogP contribution is 2.28. The van der Waals surface area contributed by atoms with Crippen molar-refractivity contribution in [3.05, 3.63) is 36.4 Å². The predicted octanol–water partition coefficient (Wildman–Crippen LogP) is 2.84. The van der Waals surface area contributed by atoms with Gasteiger partial charge in [0.25, 0.3) is 0 Å². The molecule has 1 aliphatic carbocycles. The Kier molecular flexibility index (Phi) is 5.04. The molecule has 8 heteroatoms. The van der Waals surface area contributed by atoms with Gasteiger partial charge in [0.2, 0.25) is 5.91 Å². The van der Waals surface area contributed by atoms with E-state index >= 15 is 0 Å². The van der Waals surface area contributed by atoms with Crippen LogP contribution in [0.3, 0.4) is 0 Å². The number of urea groups is 1. The van der Waals surface area contributed by atoms with Crippen LogP contribution in [0.4, 0.5) is 16.2 Å². The highest BCUT2D eigenvalue weighted by atomic mass is 16.2. The summed E-state index contributed by atoms with van der Waals surface area (Å²) in [6.45, 7) is 1.76. The van der Waals surface area contributed by atoms with Gasteiger partial charge < -0.3 is 20.1 Å². The maximum Gasteiger partial charge on any atom is 0.322 e. The van der Waals surface area contributed by atoms with E-state index in [0.717, 1.165) is 24.4 Å². The quantitative estimate of drug-likeness (QED) is 0.868. The van der Waals surface area contributed by atoms with Gasteiger partial charge >= 0.3 is 6.03 Å². The smallest absolute Gasteiger partial charge is 0.322 e. The maximum absolute atomic E-state index is 12.4. The van der Waals surface area contributed by atoms with Crippen molar-refractivity contribution < 1.29 is 9.59 Å². The van der Waals surface area contributed by atoms with E-state index in [2.05, 4.69) is 20.8 Å². The Morgan fingerprint density at radius 2 is 1.74 bits per heavy atom. The Balaban J connectivity index is 1.28. The van der Waals surface area contributed by atoms with Gasteiger partial charge in [0, 0.05) is 30.9 Å². The number of hydrogen-bond acceptors (Lipinski definition) is 4. The van der Waals surface area contributed by atoms with Gasteiger partial charge in [-0.25, -0.2) is 4.79 Å². The van der Waals surface area contributed by atoms with Crippen LogP contribution in [0.25, 0.3) is 0 Å². The van der Waals surface area contributed by atoms with Gasteiger partial charge in [-0.2, -0.15) is 0 Å². The molecule has 2 N–H and O–H groups in total. The molecule has 1 aliphatic heterocycles. The molecule has 0 spiro atoms. The molecule has 0 unspecified atom stereocenters. The van der Waals surface area contributed by atoms with E-state index in [9.17, 15) is 9.59 Å². The summed E-state index contributed by atoms with van der Waals surface area (Å²) in [6.07, 6.45) is 7.07. The summed E-state index contributed by atoms with van der Waals surface area (Å²) >= 11 is 0. The summed E-state index contributed by atoms with van der Waals surface area (Å²) in [6, 6.07) is 7.07. The van der Waals surface area contributed by atoms with Gasteiger partial charge in [-0.1, -0.05) is 12.8 Å². The van der Waals surface area contributed by atoms with E-state index in [0.29, 0.717) is 37.7 Å². The largest absolute Gasteiger partial charge is 0.326 e. The average molecular weight is 368 g/mol. The lowest BCUT2D eigenvalue weighted by molar-refractivity contribution is -0.117. The maximum atomic E-state index is 12.4. The molecule has 0 saturated heterocycles. The van der Waals surface area contributed by atoms with Crippen molar-refractivity contribution in [1.82, 2.24) is 19.7 Å². The molecule has 2 heterocycles. The van der Waals surface area contributed by atoms with Crippen LogP contribution in [0, 0.1) is 5.92 Å². The van der Waals surface area contributed by atoms with E-state index in [-0.39, 0.29) is 11.9 Å². The number of fused-ring (bicyclic) bond motifs is 1. The second kappa shape index (κ2) is 7.77. The second-order valence-electron chi connectivity index (χ2n) is 7.27. The zero-order valence-corrected chi connectivity index (χ0v) is 15.2. The molecule has 1 saturated carbocycles. The first-order chi connectivity index (χ1) is 13.2. The average Bonchev–Trinajstić information content (AvgIpc) is 3.34. The van der Waals surface area contributed by atoms with Crippen molar-refractivity contribution >= 4 is 23.3 Å². The predicted molar refractivity (Wildman–Crippen MR) is 101 cm³/mol.